The van der Waals surface area contributed by atoms with Crippen molar-refractivity contribution in [2.24, 2.45) is 0 Å². The summed E-state index contributed by atoms with van der Waals surface area (Å²) in [6, 6.07) is 11.7. The van der Waals surface area contributed by atoms with Crippen LogP contribution in [-0.2, 0) is 6.54 Å². The van der Waals surface area contributed by atoms with E-state index < -0.39 is 0 Å². The molecule has 2 aliphatic rings. The highest BCUT2D eigenvalue weighted by molar-refractivity contribution is 7.99. The van der Waals surface area contributed by atoms with Gasteiger partial charge in [-0.2, -0.15) is 11.8 Å². The van der Waals surface area contributed by atoms with Crippen molar-refractivity contribution < 1.29 is 5.11 Å². The number of aliphatic hydroxyl groups excluding tert-OH is 1. The molecular formula is C17H26N2OS. The summed E-state index contributed by atoms with van der Waals surface area (Å²) in [5.74, 6) is 2.56. The third-order valence-electron chi connectivity index (χ3n) is 4.54. The zero-order valence-electron chi connectivity index (χ0n) is 12.6. The summed E-state index contributed by atoms with van der Waals surface area (Å²) in [6.07, 6.45) is 3.38. The fraction of sp³-hybridized carbons (Fsp3) is 0.647. The number of thioether (sulfide) groups is 1. The highest BCUT2D eigenvalue weighted by atomic mass is 32.2. The van der Waals surface area contributed by atoms with Crippen LogP contribution in [0.4, 0.5) is 0 Å². The zero-order valence-corrected chi connectivity index (χ0v) is 13.4. The summed E-state index contributed by atoms with van der Waals surface area (Å²) < 4.78 is 0. The number of nitrogens with zero attached hydrogens (tertiary/aromatic N) is 1. The molecule has 116 valence electrons. The largest absolute Gasteiger partial charge is 0.392 e. The molecule has 0 aromatic heterocycles. The van der Waals surface area contributed by atoms with Gasteiger partial charge in [-0.05, 0) is 30.6 Å². The monoisotopic (exact) mass is 306 g/mol. The van der Waals surface area contributed by atoms with Crippen LogP contribution in [0.15, 0.2) is 30.3 Å². The Hall–Kier alpha value is -0.550. The molecule has 2 fully saturated rings. The maximum absolute atomic E-state index is 10.0. The Morgan fingerprint density at radius 3 is 2.90 bits per heavy atom. The normalized spacial score (nSPS) is 30.6. The molecule has 3 atom stereocenters. The first kappa shape index (κ1) is 15.3. The van der Waals surface area contributed by atoms with Gasteiger partial charge in [0.1, 0.15) is 0 Å². The van der Waals surface area contributed by atoms with E-state index in [0.29, 0.717) is 12.1 Å². The maximum atomic E-state index is 10.0. The van der Waals surface area contributed by atoms with Crippen molar-refractivity contribution in [2.75, 3.05) is 24.6 Å². The minimum Gasteiger partial charge on any atom is -0.392 e. The summed E-state index contributed by atoms with van der Waals surface area (Å²) in [6.45, 7) is 2.76. The molecule has 1 aromatic carbocycles. The number of hydrogen-bond acceptors (Lipinski definition) is 4. The third kappa shape index (κ3) is 4.46. The molecule has 2 N–H and O–H groups in total. The first-order valence-electron chi connectivity index (χ1n) is 8.08. The lowest BCUT2D eigenvalue weighted by Crippen LogP contribution is -2.43. The van der Waals surface area contributed by atoms with E-state index in [9.17, 15) is 5.11 Å². The van der Waals surface area contributed by atoms with E-state index >= 15 is 0 Å². The van der Waals surface area contributed by atoms with Crippen molar-refractivity contribution in [3.63, 3.8) is 0 Å². The summed E-state index contributed by atoms with van der Waals surface area (Å²) in [7, 11) is 0. The second-order valence-electron chi connectivity index (χ2n) is 6.28. The molecule has 1 aromatic rings. The molecule has 0 amide bonds. The standard InChI is InChI=1S/C17H26N2OS/c20-17-9-16(10-18-15-7-4-8-21-13-15)19(12-17)11-14-5-2-1-3-6-14/h1-3,5-6,15-18,20H,4,7-13H2. The summed E-state index contributed by atoms with van der Waals surface area (Å²) in [5, 5.41) is 13.7. The molecule has 3 rings (SSSR count). The molecule has 0 bridgehead atoms. The van der Waals surface area contributed by atoms with Crippen molar-refractivity contribution in [1.29, 1.82) is 0 Å². The fourth-order valence-electron chi connectivity index (χ4n) is 3.39. The predicted molar refractivity (Wildman–Crippen MR) is 89.6 cm³/mol. The molecular weight excluding hydrogens is 280 g/mol. The van der Waals surface area contributed by atoms with Crippen LogP contribution in [-0.4, -0.2) is 52.8 Å². The Bertz CT molecular complexity index is 422. The van der Waals surface area contributed by atoms with Gasteiger partial charge in [0.25, 0.3) is 0 Å². The van der Waals surface area contributed by atoms with Crippen LogP contribution in [0.25, 0.3) is 0 Å². The summed E-state index contributed by atoms with van der Waals surface area (Å²) in [5.41, 5.74) is 1.34. The van der Waals surface area contributed by atoms with Crippen LogP contribution < -0.4 is 5.32 Å². The van der Waals surface area contributed by atoms with E-state index in [-0.39, 0.29) is 6.10 Å². The minimum absolute atomic E-state index is 0.166. The Morgan fingerprint density at radius 2 is 2.14 bits per heavy atom. The fourth-order valence-corrected chi connectivity index (χ4v) is 4.49. The Balaban J connectivity index is 1.52. The number of benzene rings is 1. The lowest BCUT2D eigenvalue weighted by Gasteiger charge is -2.28. The first-order chi connectivity index (χ1) is 10.3. The number of hydrogen-bond donors (Lipinski definition) is 2. The predicted octanol–water partition coefficient (Wildman–Crippen LogP) is 2.11. The average molecular weight is 306 g/mol. The van der Waals surface area contributed by atoms with Gasteiger partial charge >= 0.3 is 0 Å². The van der Waals surface area contributed by atoms with Gasteiger partial charge in [0.15, 0.2) is 0 Å². The quantitative estimate of drug-likeness (QED) is 0.873. The van der Waals surface area contributed by atoms with Crippen molar-refractivity contribution in [2.45, 2.75) is 44.0 Å². The SMILES string of the molecule is OC1CC(CNC2CCCSC2)N(Cc2ccccc2)C1. The second kappa shape index (κ2) is 7.63. The van der Waals surface area contributed by atoms with E-state index in [1.165, 1.54) is 29.9 Å². The van der Waals surface area contributed by atoms with Crippen LogP contribution in [0.1, 0.15) is 24.8 Å². The third-order valence-corrected chi connectivity index (χ3v) is 5.75. The molecule has 4 heteroatoms. The molecule has 2 aliphatic heterocycles. The highest BCUT2D eigenvalue weighted by Crippen LogP contribution is 2.22. The van der Waals surface area contributed by atoms with Gasteiger partial charge in [-0.15, -0.1) is 0 Å². The summed E-state index contributed by atoms with van der Waals surface area (Å²) in [4.78, 5) is 2.43. The molecule has 3 nitrogen and oxygen atoms in total. The number of likely N-dealkylation sites (tertiary alicyclic amines) is 1. The molecule has 0 radical (unpaired) electrons. The van der Waals surface area contributed by atoms with Gasteiger partial charge in [-0.3, -0.25) is 4.90 Å². The van der Waals surface area contributed by atoms with E-state index in [1.807, 2.05) is 0 Å². The van der Waals surface area contributed by atoms with Gasteiger partial charge < -0.3 is 10.4 Å². The van der Waals surface area contributed by atoms with Crippen LogP contribution >= 0.6 is 11.8 Å². The number of β-amino-alcohol motifs (C(OH)–C–C–N with tert-alkyl or cyclic N) is 1. The van der Waals surface area contributed by atoms with Gasteiger partial charge in [0, 0.05) is 37.5 Å². The Kier molecular flexibility index (Phi) is 5.58. The zero-order chi connectivity index (χ0) is 14.5. The van der Waals surface area contributed by atoms with E-state index in [1.54, 1.807) is 0 Å². The molecule has 3 unspecified atom stereocenters. The lowest BCUT2D eigenvalue weighted by atomic mass is 10.1. The van der Waals surface area contributed by atoms with Crippen molar-refractivity contribution >= 4 is 11.8 Å². The van der Waals surface area contributed by atoms with Gasteiger partial charge in [-0.25, -0.2) is 0 Å². The van der Waals surface area contributed by atoms with Gasteiger partial charge in [0.2, 0.25) is 0 Å². The average Bonchev–Trinajstić information content (AvgIpc) is 2.87. The van der Waals surface area contributed by atoms with Crippen molar-refractivity contribution in [1.82, 2.24) is 10.2 Å². The molecule has 0 saturated carbocycles. The smallest absolute Gasteiger partial charge is 0.0682 e. The highest BCUT2D eigenvalue weighted by Gasteiger charge is 2.31. The molecule has 0 spiro atoms. The van der Waals surface area contributed by atoms with Crippen LogP contribution in [0, 0.1) is 0 Å². The minimum atomic E-state index is -0.166. The van der Waals surface area contributed by atoms with E-state index in [4.69, 9.17) is 0 Å². The van der Waals surface area contributed by atoms with E-state index in [2.05, 4.69) is 52.3 Å². The van der Waals surface area contributed by atoms with E-state index in [0.717, 1.165) is 26.1 Å². The summed E-state index contributed by atoms with van der Waals surface area (Å²) >= 11 is 2.06. The van der Waals surface area contributed by atoms with Crippen LogP contribution in [0.3, 0.4) is 0 Å². The molecule has 0 aliphatic carbocycles. The van der Waals surface area contributed by atoms with Crippen molar-refractivity contribution in [3.05, 3.63) is 35.9 Å². The number of aliphatic hydroxyl groups is 1. The molecule has 2 saturated heterocycles. The topological polar surface area (TPSA) is 35.5 Å². The van der Waals surface area contributed by atoms with Gasteiger partial charge in [-0.1, -0.05) is 30.3 Å². The lowest BCUT2D eigenvalue weighted by molar-refractivity contribution is 0.172. The van der Waals surface area contributed by atoms with Gasteiger partial charge in [0.05, 0.1) is 6.10 Å². The van der Waals surface area contributed by atoms with Crippen LogP contribution in [0.2, 0.25) is 0 Å². The van der Waals surface area contributed by atoms with Crippen LogP contribution in [0.5, 0.6) is 0 Å². The number of nitrogens with one attached hydrogen (secondary N) is 1. The first-order valence-corrected chi connectivity index (χ1v) is 9.24. The second-order valence-corrected chi connectivity index (χ2v) is 7.43. The molecule has 2 heterocycles. The van der Waals surface area contributed by atoms with Crippen molar-refractivity contribution in [3.8, 4) is 0 Å². The Labute approximate surface area is 132 Å². The molecule has 21 heavy (non-hydrogen) atoms. The Morgan fingerprint density at radius 1 is 1.29 bits per heavy atom. The maximum Gasteiger partial charge on any atom is 0.0682 e. The number of rotatable bonds is 5.